The van der Waals surface area contributed by atoms with E-state index < -0.39 is 0 Å². The number of anilines is 1. The minimum Gasteiger partial charge on any atom is -0.493 e. The maximum atomic E-state index is 5.88. The van der Waals surface area contributed by atoms with Gasteiger partial charge in [-0.15, -0.1) is 0 Å². The molecule has 3 nitrogen and oxygen atoms in total. The lowest BCUT2D eigenvalue weighted by Crippen LogP contribution is -2.11. The summed E-state index contributed by atoms with van der Waals surface area (Å²) in [6.45, 7) is 2.32. The van der Waals surface area contributed by atoms with Gasteiger partial charge in [0.05, 0.1) is 23.9 Å². The Morgan fingerprint density at radius 1 is 1.53 bits per heavy atom. The van der Waals surface area contributed by atoms with Crippen LogP contribution in [0.15, 0.2) is 18.2 Å². The second-order valence-electron chi connectivity index (χ2n) is 3.72. The van der Waals surface area contributed by atoms with Crippen molar-refractivity contribution >= 4 is 17.3 Å². The van der Waals surface area contributed by atoms with E-state index in [1.54, 1.807) is 12.1 Å². The molecule has 1 saturated heterocycles. The van der Waals surface area contributed by atoms with E-state index in [1.165, 1.54) is 0 Å². The molecule has 1 fully saturated rings. The Morgan fingerprint density at radius 3 is 3.07 bits per heavy atom. The fourth-order valence-electron chi connectivity index (χ4n) is 1.53. The first kappa shape index (κ1) is 10.6. The summed E-state index contributed by atoms with van der Waals surface area (Å²) < 4.78 is 10.9. The van der Waals surface area contributed by atoms with Crippen LogP contribution in [0, 0.1) is 5.92 Å². The van der Waals surface area contributed by atoms with Crippen LogP contribution in [0.3, 0.4) is 0 Å². The van der Waals surface area contributed by atoms with Gasteiger partial charge in [-0.1, -0.05) is 11.6 Å². The Kier molecular flexibility index (Phi) is 3.34. The molecule has 1 atom stereocenters. The molecule has 0 aromatic heterocycles. The molecule has 0 bridgehead atoms. The van der Waals surface area contributed by atoms with Gasteiger partial charge in [0.25, 0.3) is 0 Å². The molecule has 2 rings (SSSR count). The van der Waals surface area contributed by atoms with E-state index in [9.17, 15) is 0 Å². The summed E-state index contributed by atoms with van der Waals surface area (Å²) in [7, 11) is 0. The summed E-state index contributed by atoms with van der Waals surface area (Å²) in [6.07, 6.45) is 1.07. The average Bonchev–Trinajstić information content (AvgIpc) is 2.73. The first-order chi connectivity index (χ1) is 7.25. The molecule has 0 amide bonds. The van der Waals surface area contributed by atoms with Crippen molar-refractivity contribution in [2.24, 2.45) is 5.92 Å². The van der Waals surface area contributed by atoms with Crippen LogP contribution in [0.1, 0.15) is 6.42 Å². The first-order valence-corrected chi connectivity index (χ1v) is 5.39. The largest absolute Gasteiger partial charge is 0.493 e. The van der Waals surface area contributed by atoms with Gasteiger partial charge in [-0.2, -0.15) is 0 Å². The predicted molar refractivity (Wildman–Crippen MR) is 60.3 cm³/mol. The molecule has 1 aliphatic rings. The number of nitrogen functional groups attached to an aromatic ring is 1. The third kappa shape index (κ3) is 2.76. The molecule has 15 heavy (non-hydrogen) atoms. The van der Waals surface area contributed by atoms with Crippen LogP contribution in [0.4, 0.5) is 5.69 Å². The summed E-state index contributed by atoms with van der Waals surface area (Å²) in [5.41, 5.74) is 6.18. The van der Waals surface area contributed by atoms with E-state index in [2.05, 4.69) is 0 Å². The fourth-order valence-corrected chi connectivity index (χ4v) is 1.70. The number of benzene rings is 1. The van der Waals surface area contributed by atoms with Gasteiger partial charge in [-0.05, 0) is 18.6 Å². The number of hydrogen-bond donors (Lipinski definition) is 1. The van der Waals surface area contributed by atoms with Gasteiger partial charge in [0, 0.05) is 18.6 Å². The zero-order valence-corrected chi connectivity index (χ0v) is 9.17. The average molecular weight is 228 g/mol. The van der Waals surface area contributed by atoms with E-state index in [0.717, 1.165) is 25.4 Å². The van der Waals surface area contributed by atoms with Crippen LogP contribution in [0.2, 0.25) is 5.02 Å². The second-order valence-corrected chi connectivity index (χ2v) is 4.13. The molecule has 1 aromatic rings. The molecule has 4 heteroatoms. The molecule has 0 spiro atoms. The SMILES string of the molecule is Nc1ccc(OCC2CCOC2)cc1Cl. The molecule has 2 N–H and O–H groups in total. The van der Waals surface area contributed by atoms with Crippen LogP contribution in [-0.4, -0.2) is 19.8 Å². The predicted octanol–water partition coefficient (Wildman–Crippen LogP) is 2.34. The van der Waals surface area contributed by atoms with E-state index in [4.69, 9.17) is 26.8 Å². The summed E-state index contributed by atoms with van der Waals surface area (Å²) >= 11 is 5.88. The maximum Gasteiger partial charge on any atom is 0.120 e. The van der Waals surface area contributed by atoms with Crippen molar-refractivity contribution in [2.75, 3.05) is 25.6 Å². The van der Waals surface area contributed by atoms with Crippen molar-refractivity contribution < 1.29 is 9.47 Å². The van der Waals surface area contributed by atoms with Gasteiger partial charge < -0.3 is 15.2 Å². The summed E-state index contributed by atoms with van der Waals surface area (Å²) in [5, 5.41) is 0.537. The van der Waals surface area contributed by atoms with Crippen molar-refractivity contribution in [3.05, 3.63) is 23.2 Å². The quantitative estimate of drug-likeness (QED) is 0.807. The Morgan fingerprint density at radius 2 is 2.40 bits per heavy atom. The summed E-state index contributed by atoms with van der Waals surface area (Å²) in [4.78, 5) is 0. The van der Waals surface area contributed by atoms with E-state index in [1.807, 2.05) is 6.07 Å². The standard InChI is InChI=1S/C11H14ClNO2/c12-10-5-9(1-2-11(10)13)15-7-8-3-4-14-6-8/h1-2,5,8H,3-4,6-7,13H2. The van der Waals surface area contributed by atoms with Gasteiger partial charge >= 0.3 is 0 Å². The topological polar surface area (TPSA) is 44.5 Å². The highest BCUT2D eigenvalue weighted by Gasteiger charge is 2.16. The highest BCUT2D eigenvalue weighted by Crippen LogP contribution is 2.25. The zero-order valence-electron chi connectivity index (χ0n) is 8.41. The number of nitrogens with two attached hydrogens (primary N) is 1. The van der Waals surface area contributed by atoms with Gasteiger partial charge in [0.15, 0.2) is 0 Å². The highest BCUT2D eigenvalue weighted by atomic mass is 35.5. The minimum atomic E-state index is 0.501. The third-order valence-corrected chi connectivity index (χ3v) is 2.81. The molecule has 82 valence electrons. The van der Waals surface area contributed by atoms with Gasteiger partial charge in [0.2, 0.25) is 0 Å². The second kappa shape index (κ2) is 4.73. The molecule has 1 unspecified atom stereocenters. The van der Waals surface area contributed by atoms with E-state index in [-0.39, 0.29) is 0 Å². The Bertz CT molecular complexity index is 337. The number of halogens is 1. The Labute approximate surface area is 94.1 Å². The monoisotopic (exact) mass is 227 g/mol. The van der Waals surface area contributed by atoms with Crippen molar-refractivity contribution in [3.8, 4) is 5.75 Å². The molecule has 1 heterocycles. The minimum absolute atomic E-state index is 0.501. The van der Waals surface area contributed by atoms with Crippen molar-refractivity contribution in [1.29, 1.82) is 0 Å². The highest BCUT2D eigenvalue weighted by molar-refractivity contribution is 6.33. The first-order valence-electron chi connectivity index (χ1n) is 5.01. The lowest BCUT2D eigenvalue weighted by atomic mass is 10.1. The lowest BCUT2D eigenvalue weighted by molar-refractivity contribution is 0.167. The number of hydrogen-bond acceptors (Lipinski definition) is 3. The lowest BCUT2D eigenvalue weighted by Gasteiger charge is -2.10. The molecular formula is C11H14ClNO2. The maximum absolute atomic E-state index is 5.88. The molecule has 0 radical (unpaired) electrons. The van der Waals surface area contributed by atoms with E-state index in [0.29, 0.717) is 23.2 Å². The van der Waals surface area contributed by atoms with Gasteiger partial charge in [0.1, 0.15) is 5.75 Å². The number of rotatable bonds is 3. The third-order valence-electron chi connectivity index (χ3n) is 2.48. The molecule has 1 aliphatic heterocycles. The van der Waals surface area contributed by atoms with Crippen LogP contribution < -0.4 is 10.5 Å². The Hall–Kier alpha value is -0.930. The molecular weight excluding hydrogens is 214 g/mol. The molecule has 0 saturated carbocycles. The van der Waals surface area contributed by atoms with Crippen LogP contribution in [0.5, 0.6) is 5.75 Å². The van der Waals surface area contributed by atoms with Crippen molar-refractivity contribution in [3.63, 3.8) is 0 Å². The molecule has 1 aromatic carbocycles. The van der Waals surface area contributed by atoms with Crippen LogP contribution >= 0.6 is 11.6 Å². The number of ether oxygens (including phenoxy) is 2. The van der Waals surface area contributed by atoms with Gasteiger partial charge in [-0.3, -0.25) is 0 Å². The van der Waals surface area contributed by atoms with Crippen molar-refractivity contribution in [1.82, 2.24) is 0 Å². The summed E-state index contributed by atoms with van der Waals surface area (Å²) in [5.74, 6) is 1.27. The zero-order chi connectivity index (χ0) is 10.7. The smallest absolute Gasteiger partial charge is 0.120 e. The van der Waals surface area contributed by atoms with Crippen molar-refractivity contribution in [2.45, 2.75) is 6.42 Å². The Balaban J connectivity index is 1.90. The summed E-state index contributed by atoms with van der Waals surface area (Å²) in [6, 6.07) is 5.33. The van der Waals surface area contributed by atoms with Crippen LogP contribution in [-0.2, 0) is 4.74 Å². The fraction of sp³-hybridized carbons (Fsp3) is 0.455. The molecule has 0 aliphatic carbocycles. The van der Waals surface area contributed by atoms with E-state index >= 15 is 0 Å². The van der Waals surface area contributed by atoms with Crippen LogP contribution in [0.25, 0.3) is 0 Å². The van der Waals surface area contributed by atoms with Gasteiger partial charge in [-0.25, -0.2) is 0 Å². The normalized spacial score (nSPS) is 20.5.